The van der Waals surface area contributed by atoms with Gasteiger partial charge >= 0.3 is 0 Å². The smallest absolute Gasteiger partial charge is 0.161 e. The first kappa shape index (κ1) is 12.1. The largest absolute Gasteiger partial charge is 0.493 e. The quantitative estimate of drug-likeness (QED) is 0.905. The van der Waals surface area contributed by atoms with Crippen LogP contribution in [0.15, 0.2) is 23.3 Å². The van der Waals surface area contributed by atoms with Crippen LogP contribution >= 0.6 is 0 Å². The molecule has 0 aromatic heterocycles. The van der Waals surface area contributed by atoms with Gasteiger partial charge in [-0.2, -0.15) is 0 Å². The maximum atomic E-state index is 5.36. The van der Waals surface area contributed by atoms with Crippen LogP contribution in [-0.2, 0) is 6.42 Å². The van der Waals surface area contributed by atoms with Crippen molar-refractivity contribution in [3.63, 3.8) is 0 Å². The second kappa shape index (κ2) is 4.96. The van der Waals surface area contributed by atoms with E-state index in [1.807, 2.05) is 24.4 Å². The Kier molecular flexibility index (Phi) is 3.15. The van der Waals surface area contributed by atoms with Gasteiger partial charge in [0.05, 0.1) is 20.3 Å². The zero-order valence-corrected chi connectivity index (χ0v) is 11.3. The van der Waals surface area contributed by atoms with E-state index in [0.29, 0.717) is 6.04 Å². The molecular weight excluding hydrogens is 240 g/mol. The highest BCUT2D eigenvalue weighted by Crippen LogP contribution is 2.32. The fourth-order valence-corrected chi connectivity index (χ4v) is 2.21. The lowest BCUT2D eigenvalue weighted by atomic mass is 10.0. The lowest BCUT2D eigenvalue weighted by Crippen LogP contribution is -2.19. The number of aliphatic imine (C=N–C) groups is 1. The van der Waals surface area contributed by atoms with E-state index in [0.717, 1.165) is 29.3 Å². The highest BCUT2D eigenvalue weighted by Gasteiger charge is 2.22. The van der Waals surface area contributed by atoms with Crippen molar-refractivity contribution in [3.8, 4) is 11.5 Å². The summed E-state index contributed by atoms with van der Waals surface area (Å²) in [6.45, 7) is 0. The average molecular weight is 258 g/mol. The second-order valence-electron chi connectivity index (χ2n) is 4.87. The lowest BCUT2D eigenvalue weighted by molar-refractivity contribution is 0.354. The third-order valence-electron chi connectivity index (χ3n) is 3.40. The number of benzene rings is 1. The molecular formula is C15H18N2O2. The maximum Gasteiger partial charge on any atom is 0.161 e. The van der Waals surface area contributed by atoms with E-state index in [9.17, 15) is 0 Å². The van der Waals surface area contributed by atoms with E-state index in [-0.39, 0.29) is 0 Å². The van der Waals surface area contributed by atoms with Crippen molar-refractivity contribution in [2.24, 2.45) is 4.99 Å². The van der Waals surface area contributed by atoms with Crippen molar-refractivity contribution < 1.29 is 9.47 Å². The van der Waals surface area contributed by atoms with Crippen LogP contribution in [0.4, 0.5) is 0 Å². The molecule has 1 heterocycles. The lowest BCUT2D eigenvalue weighted by Gasteiger charge is -2.12. The Morgan fingerprint density at radius 3 is 2.58 bits per heavy atom. The van der Waals surface area contributed by atoms with Crippen LogP contribution in [0.1, 0.15) is 24.0 Å². The number of nitrogens with one attached hydrogen (secondary N) is 1. The van der Waals surface area contributed by atoms with Crippen molar-refractivity contribution in [2.45, 2.75) is 25.3 Å². The van der Waals surface area contributed by atoms with Gasteiger partial charge in [-0.15, -0.1) is 0 Å². The highest BCUT2D eigenvalue weighted by atomic mass is 16.5. The molecule has 1 saturated carbocycles. The fraction of sp³-hybridized carbons (Fsp3) is 0.400. The first-order valence-electron chi connectivity index (χ1n) is 6.55. The summed E-state index contributed by atoms with van der Waals surface area (Å²) >= 11 is 0. The molecule has 0 saturated heterocycles. The molecule has 0 radical (unpaired) electrons. The maximum absolute atomic E-state index is 5.36. The number of amidine groups is 1. The van der Waals surface area contributed by atoms with E-state index in [4.69, 9.17) is 9.47 Å². The number of hydrogen-bond donors (Lipinski definition) is 1. The third-order valence-corrected chi connectivity index (χ3v) is 3.40. The summed E-state index contributed by atoms with van der Waals surface area (Å²) in [6, 6.07) is 4.57. The number of nitrogens with zero attached hydrogens (tertiary/aromatic N) is 1. The number of fused-ring (bicyclic) bond motifs is 1. The zero-order chi connectivity index (χ0) is 13.2. The molecule has 4 heteroatoms. The summed E-state index contributed by atoms with van der Waals surface area (Å²) in [7, 11) is 3.32. The first-order valence-corrected chi connectivity index (χ1v) is 6.55. The molecule has 0 amide bonds. The van der Waals surface area contributed by atoms with Gasteiger partial charge in [-0.25, -0.2) is 0 Å². The van der Waals surface area contributed by atoms with Gasteiger partial charge in [-0.3, -0.25) is 4.99 Å². The first-order chi connectivity index (χ1) is 9.30. The molecule has 1 fully saturated rings. The zero-order valence-electron chi connectivity index (χ0n) is 11.3. The van der Waals surface area contributed by atoms with Crippen molar-refractivity contribution in [2.75, 3.05) is 14.2 Å². The van der Waals surface area contributed by atoms with Crippen LogP contribution in [0, 0.1) is 0 Å². The molecule has 1 aliphatic carbocycles. The topological polar surface area (TPSA) is 42.9 Å². The number of methoxy groups -OCH3 is 2. The Hall–Kier alpha value is -1.97. The van der Waals surface area contributed by atoms with Crippen molar-refractivity contribution in [1.29, 1.82) is 0 Å². The molecule has 0 bridgehead atoms. The van der Waals surface area contributed by atoms with Crippen molar-refractivity contribution >= 4 is 11.9 Å². The molecule has 1 N–H and O–H groups in total. The Morgan fingerprint density at radius 2 is 1.89 bits per heavy atom. The molecule has 2 aliphatic rings. The summed E-state index contributed by atoms with van der Waals surface area (Å²) in [6.07, 6.45) is 7.23. The van der Waals surface area contributed by atoms with Gasteiger partial charge < -0.3 is 14.8 Å². The van der Waals surface area contributed by atoms with E-state index < -0.39 is 0 Å². The van der Waals surface area contributed by atoms with Gasteiger partial charge in [0.1, 0.15) is 5.84 Å². The van der Waals surface area contributed by atoms with Crippen LogP contribution in [0.2, 0.25) is 0 Å². The summed E-state index contributed by atoms with van der Waals surface area (Å²) in [5.74, 6) is 2.56. The minimum absolute atomic E-state index is 0.526. The van der Waals surface area contributed by atoms with Gasteiger partial charge in [0, 0.05) is 12.6 Å². The number of rotatable bonds is 3. The minimum atomic E-state index is 0.526. The van der Waals surface area contributed by atoms with Gasteiger partial charge in [0.25, 0.3) is 0 Å². The average Bonchev–Trinajstić information content (AvgIpc) is 3.24. The van der Waals surface area contributed by atoms with Crippen LogP contribution in [-0.4, -0.2) is 26.1 Å². The molecule has 1 aromatic rings. The number of hydrogen-bond acceptors (Lipinski definition) is 3. The second-order valence-corrected chi connectivity index (χ2v) is 4.87. The number of ether oxygens (including phenoxy) is 2. The van der Waals surface area contributed by atoms with Gasteiger partial charge in [-0.1, -0.05) is 0 Å². The van der Waals surface area contributed by atoms with Gasteiger partial charge in [0.2, 0.25) is 0 Å². The summed E-state index contributed by atoms with van der Waals surface area (Å²) in [4.78, 5) is 4.69. The van der Waals surface area contributed by atoms with E-state index in [1.54, 1.807) is 14.2 Å². The van der Waals surface area contributed by atoms with Crippen molar-refractivity contribution in [1.82, 2.24) is 5.32 Å². The van der Waals surface area contributed by atoms with Crippen LogP contribution in [0.25, 0.3) is 6.08 Å². The monoisotopic (exact) mass is 258 g/mol. The SMILES string of the molecule is COc1cc2c(cc1OC)CC(=NC1CC1)NC=C2. The van der Waals surface area contributed by atoms with Crippen LogP contribution < -0.4 is 14.8 Å². The molecule has 4 nitrogen and oxygen atoms in total. The molecule has 1 aliphatic heterocycles. The van der Waals surface area contributed by atoms with Crippen LogP contribution in [0.3, 0.4) is 0 Å². The van der Waals surface area contributed by atoms with E-state index in [2.05, 4.69) is 10.3 Å². The van der Waals surface area contributed by atoms with E-state index in [1.165, 1.54) is 18.4 Å². The Balaban J connectivity index is 1.96. The van der Waals surface area contributed by atoms with Crippen LogP contribution in [0.5, 0.6) is 11.5 Å². The molecule has 0 atom stereocenters. The third kappa shape index (κ3) is 2.57. The van der Waals surface area contributed by atoms with Gasteiger partial charge in [-0.05, 0) is 42.2 Å². The summed E-state index contributed by atoms with van der Waals surface area (Å²) < 4.78 is 10.7. The molecule has 1 aromatic carbocycles. The molecule has 0 unspecified atom stereocenters. The summed E-state index contributed by atoms with van der Waals surface area (Å²) in [5.41, 5.74) is 2.35. The fourth-order valence-electron chi connectivity index (χ4n) is 2.21. The van der Waals surface area contributed by atoms with Crippen molar-refractivity contribution in [3.05, 3.63) is 29.5 Å². The van der Waals surface area contributed by atoms with Gasteiger partial charge in [0.15, 0.2) is 11.5 Å². The predicted molar refractivity (Wildman–Crippen MR) is 75.9 cm³/mol. The molecule has 100 valence electrons. The minimum Gasteiger partial charge on any atom is -0.493 e. The molecule has 0 spiro atoms. The molecule has 3 rings (SSSR count). The summed E-state index contributed by atoms with van der Waals surface area (Å²) in [5, 5.41) is 3.26. The Morgan fingerprint density at radius 1 is 1.16 bits per heavy atom. The Labute approximate surface area is 113 Å². The molecule has 19 heavy (non-hydrogen) atoms. The Bertz CT molecular complexity index is 545. The normalized spacial score (nSPS) is 19.6. The predicted octanol–water partition coefficient (Wildman–Crippen LogP) is 2.38. The van der Waals surface area contributed by atoms with E-state index >= 15 is 0 Å². The highest BCUT2D eigenvalue weighted by molar-refractivity contribution is 5.88. The standard InChI is InChI=1S/C15H18N2O2/c1-18-13-7-10-5-6-16-15(17-12-3-4-12)9-11(10)8-14(13)19-2/h5-8,12H,3-4,9H2,1-2H3,(H,16,17).